The summed E-state index contributed by atoms with van der Waals surface area (Å²) in [5.41, 5.74) is 6.11. The Hall–Kier alpha value is -8.14. The van der Waals surface area contributed by atoms with Gasteiger partial charge in [0.05, 0.1) is 45.5 Å². The predicted molar refractivity (Wildman–Crippen MR) is 355 cm³/mol. The third-order valence-corrected chi connectivity index (χ3v) is 16.3. The summed E-state index contributed by atoms with van der Waals surface area (Å²) in [5, 5.41) is 22.9. The number of likely N-dealkylation sites (tertiary alicyclic amines) is 2. The van der Waals surface area contributed by atoms with E-state index in [-0.39, 0.29) is 48.3 Å². The summed E-state index contributed by atoms with van der Waals surface area (Å²) in [6.07, 6.45) is 5.27. The molecule has 0 saturated carbocycles. The largest absolute Gasteiger partial charge is 0.497 e. The lowest BCUT2D eigenvalue weighted by Crippen LogP contribution is -2.43. The van der Waals surface area contributed by atoms with Crippen molar-refractivity contribution in [3.05, 3.63) is 207 Å². The van der Waals surface area contributed by atoms with Gasteiger partial charge in [0.1, 0.15) is 60.1 Å². The number of carbonyl (C=O) groups is 6. The summed E-state index contributed by atoms with van der Waals surface area (Å²) >= 11 is 17.8. The lowest BCUT2D eigenvalue weighted by atomic mass is 10.1. The molecule has 10 rings (SSSR count). The molecule has 7 aromatic rings. The van der Waals surface area contributed by atoms with Gasteiger partial charge in [-0.25, -0.2) is 4.79 Å². The lowest BCUT2D eigenvalue weighted by Gasteiger charge is -2.24. The number of carboxylic acid groups (broad SMARTS) is 2. The van der Waals surface area contributed by atoms with Gasteiger partial charge < -0.3 is 54.3 Å². The normalized spacial score (nSPS) is 15.3. The number of halogens is 4. The minimum atomic E-state index is -0.916. The van der Waals surface area contributed by atoms with Gasteiger partial charge in [-0.15, -0.1) is 0 Å². The number of aliphatic carboxylic acids is 2. The second-order valence-corrected chi connectivity index (χ2v) is 22.9. The Bertz CT molecular complexity index is 3430. The molecule has 3 amide bonds. The van der Waals surface area contributed by atoms with E-state index in [0.717, 1.165) is 97.7 Å². The summed E-state index contributed by atoms with van der Waals surface area (Å²) < 4.78 is 28.9. The zero-order valence-electron chi connectivity index (χ0n) is 50.1. The van der Waals surface area contributed by atoms with Crippen LogP contribution >= 0.6 is 55.2 Å². The van der Waals surface area contributed by atoms with Gasteiger partial charge in [0.2, 0.25) is 23.0 Å². The number of para-hydroxylation sites is 4. The summed E-state index contributed by atoms with van der Waals surface area (Å²) in [7, 11) is 4.79. The number of amides is 3. The summed E-state index contributed by atoms with van der Waals surface area (Å²) in [4.78, 5) is 75.7. The molecule has 3 heterocycles. The number of methoxy groups -OCH3 is 3. The van der Waals surface area contributed by atoms with Crippen LogP contribution in [0.25, 0.3) is 0 Å². The SMILES string of the molecule is COc1ccc(CC(=O)Cl)cc1.COc1ccc(CC(=O)N2CCC[C@@H]2C(=O)Nc2ccccc2OCc2ccccc2Br)cc1.COc1ccc(CC(=O)N2CCC[C@@H]2C(=O)O)cc1.ClNc1ccccc1OCc1ccccc1Br.O=C(O)[C@H]1CCCN1. The van der Waals surface area contributed by atoms with Crippen LogP contribution in [0.1, 0.15) is 66.3 Å². The molecule has 3 fully saturated rings. The number of carbonyl (C=O) groups excluding carboxylic acids is 4. The Morgan fingerprint density at radius 1 is 0.522 bits per heavy atom. The van der Waals surface area contributed by atoms with Crippen molar-refractivity contribution in [2.75, 3.05) is 51.1 Å². The fraction of sp³-hybridized carbons (Fsp3) is 0.294. The van der Waals surface area contributed by atoms with Gasteiger partial charge in [-0.1, -0.05) is 129 Å². The van der Waals surface area contributed by atoms with Crippen molar-refractivity contribution in [3.63, 3.8) is 0 Å². The first-order valence-corrected chi connectivity index (χ1v) is 31.3. The lowest BCUT2D eigenvalue weighted by molar-refractivity contribution is -0.148. The van der Waals surface area contributed by atoms with Gasteiger partial charge in [-0.3, -0.25) is 28.8 Å². The Morgan fingerprint density at radius 2 is 0.933 bits per heavy atom. The van der Waals surface area contributed by atoms with Crippen LogP contribution in [0.4, 0.5) is 11.4 Å². The molecule has 3 atom stereocenters. The molecule has 0 unspecified atom stereocenters. The zero-order chi connectivity index (χ0) is 64.8. The quantitative estimate of drug-likeness (QED) is 0.0353. The van der Waals surface area contributed by atoms with Crippen molar-refractivity contribution in [2.24, 2.45) is 0 Å². The topological polar surface area (TPSA) is 232 Å². The van der Waals surface area contributed by atoms with E-state index in [4.69, 9.17) is 57.3 Å². The Kier molecular flexibility index (Phi) is 29.8. The fourth-order valence-electron chi connectivity index (χ4n) is 9.62. The molecular formula is C68H73Br2Cl2N5O13. The molecule has 3 aliphatic heterocycles. The number of anilines is 2. The van der Waals surface area contributed by atoms with Gasteiger partial charge in [0.15, 0.2) is 0 Å². The molecule has 476 valence electrons. The highest BCUT2D eigenvalue weighted by Crippen LogP contribution is 2.30. The molecule has 5 N–H and O–H groups in total. The molecule has 0 radical (unpaired) electrons. The van der Waals surface area contributed by atoms with E-state index in [2.05, 4.69) is 47.3 Å². The van der Waals surface area contributed by atoms with E-state index in [1.54, 1.807) is 50.5 Å². The van der Waals surface area contributed by atoms with Crippen LogP contribution < -0.4 is 39.2 Å². The Morgan fingerprint density at radius 3 is 1.33 bits per heavy atom. The maximum atomic E-state index is 13.2. The average molecular weight is 1400 g/mol. The molecule has 0 aromatic heterocycles. The molecular weight excluding hydrogens is 1330 g/mol. The Balaban J connectivity index is 0.000000195. The van der Waals surface area contributed by atoms with Gasteiger partial charge in [-0.05, 0) is 146 Å². The minimum absolute atomic E-state index is 0.0544. The molecule has 0 bridgehead atoms. The first-order valence-electron chi connectivity index (χ1n) is 28.9. The van der Waals surface area contributed by atoms with E-state index in [1.807, 2.05) is 146 Å². The third-order valence-electron chi connectivity index (χ3n) is 14.4. The van der Waals surface area contributed by atoms with Crippen LogP contribution in [0.5, 0.6) is 28.7 Å². The smallest absolute Gasteiger partial charge is 0.326 e. The molecule has 0 aliphatic carbocycles. The van der Waals surface area contributed by atoms with E-state index in [0.29, 0.717) is 50.6 Å². The van der Waals surface area contributed by atoms with Crippen molar-refractivity contribution >= 4 is 102 Å². The van der Waals surface area contributed by atoms with E-state index in [1.165, 1.54) is 4.90 Å². The van der Waals surface area contributed by atoms with Gasteiger partial charge in [-0.2, -0.15) is 0 Å². The maximum Gasteiger partial charge on any atom is 0.326 e. The number of ether oxygens (including phenoxy) is 5. The predicted octanol–water partition coefficient (Wildman–Crippen LogP) is 12.9. The van der Waals surface area contributed by atoms with Crippen LogP contribution in [-0.2, 0) is 61.2 Å². The molecule has 18 nitrogen and oxygen atoms in total. The standard InChI is InChI=1S/C27H27BrN2O4.C14H17NO4.C13H11BrClNO.C9H9ClO2.C5H9NO2/c1-33-21-14-12-19(13-15-21)17-26(31)30-16-6-10-24(30)27(32)29-23-9-4-5-11-25(23)34-18-20-7-2-3-8-22(20)28;1-19-11-6-4-10(5-7-11)9-13(16)15-8-2-3-12(15)14(17)18;14-11-6-2-1-5-10(11)9-17-13-8-4-3-7-12(13)16-15;1-12-8-4-2-7(3-5-8)6-9(10)11;7-5(8)4-2-1-3-6-4/h2-5,7-9,11-15,24H,6,10,16-18H2,1H3,(H,29,32);4-7,12H,2-3,8-9H2,1H3,(H,17,18);1-8,16H,9H2;2-5H,6H2,1H3;4,6H,1-3H2,(H,7,8)/t24-;12-;;;4-/m11..1/s1. The number of carboxylic acids is 2. The monoisotopic (exact) mass is 1400 g/mol. The maximum absolute atomic E-state index is 13.2. The minimum Gasteiger partial charge on any atom is -0.497 e. The highest BCUT2D eigenvalue weighted by Gasteiger charge is 2.35. The van der Waals surface area contributed by atoms with Crippen LogP contribution in [0.15, 0.2) is 179 Å². The molecule has 3 aliphatic rings. The average Bonchev–Trinajstić information content (AvgIpc) is 2.41. The fourth-order valence-corrected chi connectivity index (χ4v) is 10.7. The molecule has 3 saturated heterocycles. The number of nitrogens with one attached hydrogen (secondary N) is 3. The number of nitrogens with zero attached hydrogens (tertiary/aromatic N) is 2. The molecule has 22 heteroatoms. The van der Waals surface area contributed by atoms with Crippen molar-refractivity contribution < 1.29 is 62.7 Å². The second-order valence-electron chi connectivity index (χ2n) is 20.6. The van der Waals surface area contributed by atoms with Crippen molar-refractivity contribution in [1.29, 1.82) is 0 Å². The number of rotatable bonds is 20. The number of hydrogen-bond donors (Lipinski definition) is 5. The van der Waals surface area contributed by atoms with Gasteiger partial charge in [0.25, 0.3) is 0 Å². The summed E-state index contributed by atoms with van der Waals surface area (Å²) in [6, 6.07) is 51.2. The highest BCUT2D eigenvalue weighted by atomic mass is 79.9. The first-order chi connectivity index (χ1) is 43.5. The van der Waals surface area contributed by atoms with Crippen molar-refractivity contribution in [2.45, 2.75) is 89.1 Å². The van der Waals surface area contributed by atoms with Gasteiger partial charge in [0, 0.05) is 51.4 Å². The van der Waals surface area contributed by atoms with E-state index >= 15 is 0 Å². The van der Waals surface area contributed by atoms with Crippen LogP contribution in [0.3, 0.4) is 0 Å². The van der Waals surface area contributed by atoms with Crippen LogP contribution in [0.2, 0.25) is 0 Å². The highest BCUT2D eigenvalue weighted by molar-refractivity contribution is 9.10. The second kappa shape index (κ2) is 37.8. The number of hydrogen-bond acceptors (Lipinski definition) is 13. The number of benzene rings is 7. The van der Waals surface area contributed by atoms with Crippen molar-refractivity contribution in [1.82, 2.24) is 15.1 Å². The molecule has 7 aromatic carbocycles. The Labute approximate surface area is 551 Å². The van der Waals surface area contributed by atoms with E-state index in [9.17, 15) is 28.8 Å². The molecule has 90 heavy (non-hydrogen) atoms. The third kappa shape index (κ3) is 23.0. The van der Waals surface area contributed by atoms with Crippen molar-refractivity contribution in [3.8, 4) is 28.7 Å². The zero-order valence-corrected chi connectivity index (χ0v) is 54.8. The van der Waals surface area contributed by atoms with Gasteiger partial charge >= 0.3 is 11.9 Å². The van der Waals surface area contributed by atoms with E-state index < -0.39 is 24.0 Å². The summed E-state index contributed by atoms with van der Waals surface area (Å²) in [6.45, 7) is 2.83. The first kappa shape index (κ1) is 70.9. The summed E-state index contributed by atoms with van der Waals surface area (Å²) in [5.74, 6) is 1.56. The molecule has 0 spiro atoms. The van der Waals surface area contributed by atoms with Crippen LogP contribution in [-0.4, -0.2) is 114 Å². The van der Waals surface area contributed by atoms with Crippen LogP contribution in [0, 0.1) is 0 Å².